The highest BCUT2D eigenvalue weighted by molar-refractivity contribution is 5.78. The van der Waals surface area contributed by atoms with Crippen LogP contribution in [-0.4, -0.2) is 43.8 Å². The number of amides is 1. The third-order valence-electron chi connectivity index (χ3n) is 8.49. The van der Waals surface area contributed by atoms with E-state index in [1.807, 2.05) is 4.57 Å². The van der Waals surface area contributed by atoms with Crippen LogP contribution in [0.15, 0.2) is 18.3 Å². The molecule has 3 N–H and O–H groups in total. The first-order valence-electron chi connectivity index (χ1n) is 15.2. The molecule has 43 heavy (non-hydrogen) atoms. The Kier molecular flexibility index (Phi) is 10.6. The normalized spacial score (nSPS) is 18.1. The van der Waals surface area contributed by atoms with E-state index < -0.39 is 17.3 Å². The van der Waals surface area contributed by atoms with Crippen LogP contribution in [0.5, 0.6) is 0 Å². The number of nitriles is 1. The van der Waals surface area contributed by atoms with Crippen LogP contribution in [-0.2, 0) is 9.59 Å². The average molecular weight is 595 g/mol. The lowest BCUT2D eigenvalue weighted by Gasteiger charge is -2.38. The molecule has 0 spiro atoms. The largest absolute Gasteiger partial charge is 0.369 e. The van der Waals surface area contributed by atoms with E-state index in [9.17, 15) is 18.4 Å². The lowest BCUT2D eigenvalue weighted by molar-refractivity contribution is -0.122. The number of nitrogens with two attached hydrogens (primary N) is 1. The molecule has 1 amide bonds. The highest BCUT2D eigenvalue weighted by Crippen LogP contribution is 2.38. The van der Waals surface area contributed by atoms with Crippen molar-refractivity contribution in [3.05, 3.63) is 35.5 Å². The monoisotopic (exact) mass is 594 g/mol. The zero-order valence-electron chi connectivity index (χ0n) is 25.0. The van der Waals surface area contributed by atoms with Crippen molar-refractivity contribution in [3.63, 3.8) is 0 Å². The number of carbonyl (C=O) groups excluding carboxylic acids is 2. The second kappa shape index (κ2) is 14.4. The Labute approximate surface area is 250 Å². The SMILES string of the molecule is CCC[C@H](CC)N(c1ncc2nc(Nc3c(F)cc(C#N)cc3F)n(C3CCC(C(N)=O)CC3)c2n1)[C@@H](CC)CCC=O. The van der Waals surface area contributed by atoms with Crippen molar-refractivity contribution >= 4 is 40.9 Å². The van der Waals surface area contributed by atoms with E-state index in [0.717, 1.165) is 44.1 Å². The fourth-order valence-corrected chi connectivity index (χ4v) is 6.23. The Morgan fingerprint density at radius 1 is 1.14 bits per heavy atom. The van der Waals surface area contributed by atoms with Crippen molar-refractivity contribution < 1.29 is 18.4 Å². The molecule has 0 aliphatic heterocycles. The summed E-state index contributed by atoms with van der Waals surface area (Å²) in [6.07, 6.45) is 9.55. The number of primary amides is 1. The van der Waals surface area contributed by atoms with Gasteiger partial charge in [0, 0.05) is 30.5 Å². The molecule has 2 atom stereocenters. The van der Waals surface area contributed by atoms with E-state index >= 15 is 0 Å². The van der Waals surface area contributed by atoms with Crippen LogP contribution in [0.25, 0.3) is 11.2 Å². The van der Waals surface area contributed by atoms with Gasteiger partial charge in [0.05, 0.1) is 17.8 Å². The van der Waals surface area contributed by atoms with Crippen LogP contribution in [0.2, 0.25) is 0 Å². The van der Waals surface area contributed by atoms with Gasteiger partial charge in [0.1, 0.15) is 17.5 Å². The molecule has 0 radical (unpaired) electrons. The standard InChI is InChI=1S/C31H40F2N8O2/c1-4-8-21(5-2)40(22(6-3)9-7-14-42)30-36-18-26-29(39-30)41(23-12-10-20(11-13-23)28(35)43)31(37-26)38-27-24(32)15-19(17-34)16-25(27)33/h14-16,18,20-23H,4-13H2,1-3H3,(H2,35,43)(H,37,38)/t20?,21-,22-,23?/m0/s1. The van der Waals surface area contributed by atoms with Crippen molar-refractivity contribution in [2.75, 3.05) is 10.2 Å². The molecule has 0 bridgehead atoms. The predicted molar refractivity (Wildman–Crippen MR) is 161 cm³/mol. The summed E-state index contributed by atoms with van der Waals surface area (Å²) in [4.78, 5) is 39.8. The maximum Gasteiger partial charge on any atom is 0.227 e. The molecular weight excluding hydrogens is 554 g/mol. The van der Waals surface area contributed by atoms with Gasteiger partial charge in [-0.1, -0.05) is 27.2 Å². The average Bonchev–Trinajstić information content (AvgIpc) is 3.37. The second-order valence-electron chi connectivity index (χ2n) is 11.2. The first-order valence-corrected chi connectivity index (χ1v) is 15.2. The Balaban J connectivity index is 1.85. The number of imidazole rings is 1. The fourth-order valence-electron chi connectivity index (χ4n) is 6.23. The van der Waals surface area contributed by atoms with E-state index in [2.05, 4.69) is 36.0 Å². The number of benzene rings is 1. The molecule has 1 aromatic carbocycles. The minimum atomic E-state index is -0.920. The molecule has 3 aromatic rings. The third-order valence-corrected chi connectivity index (χ3v) is 8.49. The Hall–Kier alpha value is -4.14. The number of carbonyl (C=O) groups is 2. The van der Waals surface area contributed by atoms with Crippen LogP contribution in [0.3, 0.4) is 0 Å². The summed E-state index contributed by atoms with van der Waals surface area (Å²) in [5.74, 6) is -1.71. The van der Waals surface area contributed by atoms with Crippen LogP contribution >= 0.6 is 0 Å². The summed E-state index contributed by atoms with van der Waals surface area (Å²) in [6.45, 7) is 6.35. The molecule has 2 aromatic heterocycles. The summed E-state index contributed by atoms with van der Waals surface area (Å²) < 4.78 is 31.8. The molecule has 1 aliphatic carbocycles. The molecule has 230 valence electrons. The van der Waals surface area contributed by atoms with Gasteiger partial charge in [0.15, 0.2) is 17.3 Å². The highest BCUT2D eigenvalue weighted by atomic mass is 19.1. The smallest absolute Gasteiger partial charge is 0.227 e. The number of hydrogen-bond donors (Lipinski definition) is 2. The zero-order chi connectivity index (χ0) is 31.1. The highest BCUT2D eigenvalue weighted by Gasteiger charge is 2.31. The predicted octanol–water partition coefficient (Wildman–Crippen LogP) is 6.08. The maximum atomic E-state index is 15.0. The van der Waals surface area contributed by atoms with Gasteiger partial charge in [-0.15, -0.1) is 0 Å². The molecule has 0 unspecified atom stereocenters. The summed E-state index contributed by atoms with van der Waals surface area (Å²) >= 11 is 0. The second-order valence-corrected chi connectivity index (χ2v) is 11.2. The van der Waals surface area contributed by atoms with Crippen LogP contribution in [0.4, 0.5) is 26.4 Å². The van der Waals surface area contributed by atoms with E-state index in [1.165, 1.54) is 0 Å². The van der Waals surface area contributed by atoms with Crippen molar-refractivity contribution in [1.29, 1.82) is 5.26 Å². The van der Waals surface area contributed by atoms with Gasteiger partial charge in [0.25, 0.3) is 0 Å². The number of aldehydes is 1. The third kappa shape index (κ3) is 6.92. The maximum absolute atomic E-state index is 15.0. The molecule has 10 nitrogen and oxygen atoms in total. The molecule has 2 heterocycles. The van der Waals surface area contributed by atoms with Gasteiger partial charge >= 0.3 is 0 Å². The summed E-state index contributed by atoms with van der Waals surface area (Å²) in [6, 6.07) is 3.72. The van der Waals surface area contributed by atoms with Gasteiger partial charge < -0.3 is 20.7 Å². The molecular formula is C31H40F2N8O2. The van der Waals surface area contributed by atoms with Gasteiger partial charge in [-0.05, 0) is 63.5 Å². The van der Waals surface area contributed by atoms with E-state index in [0.29, 0.717) is 55.6 Å². The number of aromatic nitrogens is 4. The molecule has 1 aliphatic rings. The Morgan fingerprint density at radius 2 is 1.79 bits per heavy atom. The van der Waals surface area contributed by atoms with Crippen molar-refractivity contribution in [3.8, 4) is 6.07 Å². The van der Waals surface area contributed by atoms with Crippen LogP contribution < -0.4 is 16.0 Å². The topological polar surface area (TPSA) is 143 Å². The Bertz CT molecular complexity index is 1460. The minimum absolute atomic E-state index is 0.0426. The fraction of sp³-hybridized carbons (Fsp3) is 0.548. The number of nitrogens with one attached hydrogen (secondary N) is 1. The summed E-state index contributed by atoms with van der Waals surface area (Å²) in [5.41, 5.74) is 5.98. The van der Waals surface area contributed by atoms with Crippen molar-refractivity contribution in [2.45, 2.75) is 103 Å². The number of fused-ring (bicyclic) bond motifs is 1. The van der Waals surface area contributed by atoms with Gasteiger partial charge in [-0.2, -0.15) is 10.2 Å². The number of hydrogen-bond acceptors (Lipinski definition) is 8. The number of rotatable bonds is 14. The van der Waals surface area contributed by atoms with Crippen LogP contribution in [0.1, 0.15) is 96.6 Å². The van der Waals surface area contributed by atoms with E-state index in [-0.39, 0.29) is 41.5 Å². The number of halogens is 2. The lowest BCUT2D eigenvalue weighted by Crippen LogP contribution is -2.44. The summed E-state index contributed by atoms with van der Waals surface area (Å²) in [5, 5.41) is 11.9. The zero-order valence-corrected chi connectivity index (χ0v) is 25.0. The minimum Gasteiger partial charge on any atom is -0.369 e. The number of anilines is 3. The molecule has 12 heteroatoms. The van der Waals surface area contributed by atoms with Gasteiger partial charge in [-0.25, -0.2) is 18.7 Å². The molecule has 0 saturated heterocycles. The lowest BCUT2D eigenvalue weighted by atomic mass is 9.85. The Morgan fingerprint density at radius 3 is 2.35 bits per heavy atom. The van der Waals surface area contributed by atoms with Crippen LogP contribution in [0, 0.1) is 28.9 Å². The van der Waals surface area contributed by atoms with Crippen molar-refractivity contribution in [2.24, 2.45) is 11.7 Å². The first kappa shape index (κ1) is 31.8. The summed E-state index contributed by atoms with van der Waals surface area (Å²) in [7, 11) is 0. The molecule has 4 rings (SSSR count). The molecule has 1 saturated carbocycles. The first-order chi connectivity index (χ1) is 20.8. The van der Waals surface area contributed by atoms with Gasteiger partial charge in [0.2, 0.25) is 17.8 Å². The molecule has 1 fully saturated rings. The quantitative estimate of drug-likeness (QED) is 0.214. The van der Waals surface area contributed by atoms with Gasteiger partial charge in [-0.3, -0.25) is 9.36 Å². The van der Waals surface area contributed by atoms with E-state index in [4.69, 9.17) is 21.0 Å². The van der Waals surface area contributed by atoms with E-state index in [1.54, 1.807) is 12.3 Å². The van der Waals surface area contributed by atoms with Crippen molar-refractivity contribution in [1.82, 2.24) is 19.5 Å². The number of nitrogens with zero attached hydrogens (tertiary/aromatic N) is 6.